The number of hydrogen-bond donors (Lipinski definition) is 3. The van der Waals surface area contributed by atoms with Gasteiger partial charge in [0.1, 0.15) is 0 Å². The number of ether oxygens (including phenoxy) is 23. The first-order valence-electron chi connectivity index (χ1n) is 30.8. The van der Waals surface area contributed by atoms with Crippen LogP contribution >= 0.6 is 0 Å². The molecule has 31 nitrogen and oxygen atoms in total. The van der Waals surface area contributed by atoms with Crippen LogP contribution in [0.2, 0.25) is 0 Å². The van der Waals surface area contributed by atoms with E-state index in [1.165, 1.54) is 0 Å². The van der Waals surface area contributed by atoms with Crippen LogP contribution in [0.4, 0.5) is 13.2 Å². The van der Waals surface area contributed by atoms with Crippen molar-refractivity contribution in [2.75, 3.05) is 324 Å². The molecule has 0 aromatic carbocycles. The third kappa shape index (κ3) is 85.1. The highest BCUT2D eigenvalue weighted by Gasteiger charge is 2.38. The van der Waals surface area contributed by atoms with Gasteiger partial charge in [0.2, 0.25) is 5.91 Å². The van der Waals surface area contributed by atoms with Crippen LogP contribution in [0, 0.1) is 0 Å². The smallest absolute Gasteiger partial charge is 0.475 e. The van der Waals surface area contributed by atoms with E-state index in [1.54, 1.807) is 0 Å². The zero-order valence-electron chi connectivity index (χ0n) is 53.2. The fourth-order valence-electron chi connectivity index (χ4n) is 6.05. The van der Waals surface area contributed by atoms with Gasteiger partial charge >= 0.3 is 12.1 Å². The predicted molar refractivity (Wildman–Crippen MR) is 317 cm³/mol. The number of rotatable bonds is 77. The van der Waals surface area contributed by atoms with Gasteiger partial charge in [-0.2, -0.15) is 13.2 Å². The number of nitrogens with zero attached hydrogens (tertiary/aromatic N) is 3. The van der Waals surface area contributed by atoms with Crippen LogP contribution in [0.3, 0.4) is 0 Å². The van der Waals surface area contributed by atoms with Crippen LogP contribution in [0.5, 0.6) is 0 Å². The van der Waals surface area contributed by atoms with Crippen molar-refractivity contribution in [1.29, 1.82) is 0 Å². The molecule has 0 heterocycles. The van der Waals surface area contributed by atoms with Crippen molar-refractivity contribution in [3.63, 3.8) is 0 Å². The summed E-state index contributed by atoms with van der Waals surface area (Å²) in [4.78, 5) is 23.2. The molecule has 0 atom stereocenters. The van der Waals surface area contributed by atoms with E-state index in [4.69, 9.17) is 130 Å². The van der Waals surface area contributed by atoms with Crippen molar-refractivity contribution < 1.29 is 137 Å². The second kappa shape index (κ2) is 80.3. The maximum Gasteiger partial charge on any atom is 0.490 e. The topological polar surface area (TPSA) is 353 Å². The largest absolute Gasteiger partial charge is 0.490 e. The summed E-state index contributed by atoms with van der Waals surface area (Å²) < 4.78 is 158. The molecule has 0 aromatic rings. The fraction of sp³-hybridized carbons (Fsp3) is 0.964. The Hall–Kier alpha value is -2.92. The molecule has 0 aliphatic rings. The van der Waals surface area contributed by atoms with Crippen LogP contribution in [-0.4, -0.2) is 347 Å². The number of unbranched alkanes of at least 4 members (excludes halogenated alkanes) is 2. The average molecular weight is 1330 g/mol. The number of nitrogens with one attached hydrogen (secondary N) is 1. The molecule has 0 aromatic heterocycles. The van der Waals surface area contributed by atoms with Gasteiger partial charge in [-0.25, -0.2) is 4.79 Å². The Kier molecular flexibility index (Phi) is 79.5. The summed E-state index contributed by atoms with van der Waals surface area (Å²) in [5.74, 6) is -2.71. The molecule has 0 spiro atoms. The number of amides is 1. The van der Waals surface area contributed by atoms with Gasteiger partial charge in [-0.1, -0.05) is 11.5 Å². The first-order chi connectivity index (χ1) is 44.3. The lowest BCUT2D eigenvalue weighted by Gasteiger charge is -2.09. The molecule has 0 unspecified atom stereocenters. The Balaban J connectivity index is 0. The molecule has 90 heavy (non-hydrogen) atoms. The number of carboxylic acid groups (broad SMARTS) is 1. The lowest BCUT2D eigenvalue weighted by Crippen LogP contribution is -2.27. The Bertz CT molecular complexity index is 1470. The summed E-state index contributed by atoms with van der Waals surface area (Å²) >= 11 is 0. The number of aliphatic carboxylic acids is 1. The first kappa shape index (κ1) is 89.1. The van der Waals surface area contributed by atoms with E-state index in [0.717, 1.165) is 19.3 Å². The molecule has 0 bridgehead atoms. The van der Waals surface area contributed by atoms with Gasteiger partial charge in [-0.05, 0) is 24.9 Å². The number of carbonyl (C=O) groups is 2. The zero-order chi connectivity index (χ0) is 65.5. The lowest BCUT2D eigenvalue weighted by atomic mass is 10.2. The number of carbonyl (C=O) groups excluding carboxylic acids is 1. The van der Waals surface area contributed by atoms with E-state index in [0.29, 0.717) is 330 Å². The third-order valence-corrected chi connectivity index (χ3v) is 10.5. The molecule has 0 fully saturated rings. The lowest BCUT2D eigenvalue weighted by molar-refractivity contribution is -0.192. The number of nitrogens with two attached hydrogens (primary N) is 1. The quantitative estimate of drug-likeness (QED) is 0.0339. The molecule has 0 aliphatic carbocycles. The molecule has 0 rings (SSSR count). The standard InChI is InChI=1S/C54H109N5O24.C2HF3O2/c55-5-3-1-2-4-54(60)57-6-8-61-10-12-63-14-16-65-18-20-67-22-24-69-26-28-71-30-32-73-34-36-75-38-40-77-42-44-79-46-48-81-50-52-83-53-51-82-49-47-80-45-43-78-41-39-76-37-35-74-33-31-72-29-27-70-25-23-68-21-19-66-17-15-64-13-11-62-9-7-58-59-56;3-2(4,5)1(6)7/h1-53,55H2,(H,57,60);(H,6,7). The van der Waals surface area contributed by atoms with Gasteiger partial charge in [-0.15, -0.1) is 0 Å². The van der Waals surface area contributed by atoms with Gasteiger partial charge in [0.25, 0.3) is 0 Å². The minimum Gasteiger partial charge on any atom is -0.475 e. The number of halogens is 3. The van der Waals surface area contributed by atoms with Crippen LogP contribution in [0.15, 0.2) is 5.11 Å². The maximum absolute atomic E-state index is 11.7. The number of carboxylic acids is 1. The predicted octanol–water partition coefficient (Wildman–Crippen LogP) is 1.95. The summed E-state index contributed by atoms with van der Waals surface area (Å²) in [7, 11) is 0. The molecular formula is C56H110F3N5O26. The van der Waals surface area contributed by atoms with E-state index >= 15 is 0 Å². The van der Waals surface area contributed by atoms with Gasteiger partial charge in [0.15, 0.2) is 0 Å². The molecule has 0 saturated heterocycles. The highest BCUT2D eigenvalue weighted by atomic mass is 19.4. The monoisotopic (exact) mass is 1330 g/mol. The van der Waals surface area contributed by atoms with E-state index < -0.39 is 12.1 Å². The minimum absolute atomic E-state index is 0.0499. The summed E-state index contributed by atoms with van der Waals surface area (Å²) in [5.41, 5.74) is 13.6. The maximum atomic E-state index is 11.7. The number of hydrogen-bond acceptors (Lipinski definition) is 27. The van der Waals surface area contributed by atoms with E-state index in [2.05, 4.69) is 15.3 Å². The van der Waals surface area contributed by atoms with E-state index in [9.17, 15) is 18.0 Å². The molecule has 0 saturated carbocycles. The van der Waals surface area contributed by atoms with Gasteiger partial charge in [0, 0.05) is 24.4 Å². The van der Waals surface area contributed by atoms with Crippen molar-refractivity contribution in [3.8, 4) is 0 Å². The van der Waals surface area contributed by atoms with Crippen LogP contribution in [0.25, 0.3) is 10.4 Å². The Morgan fingerprint density at radius 3 is 0.678 bits per heavy atom. The third-order valence-electron chi connectivity index (χ3n) is 10.5. The van der Waals surface area contributed by atoms with Gasteiger partial charge < -0.3 is 125 Å². The molecule has 1 amide bonds. The number of azide groups is 1. The Morgan fingerprint density at radius 1 is 0.333 bits per heavy atom. The Morgan fingerprint density at radius 2 is 0.511 bits per heavy atom. The van der Waals surface area contributed by atoms with E-state index in [-0.39, 0.29) is 5.91 Å². The zero-order valence-corrected chi connectivity index (χ0v) is 53.2. The molecular weight excluding hydrogens is 1220 g/mol. The molecule has 0 radical (unpaired) electrons. The van der Waals surface area contributed by atoms with E-state index in [1.807, 2.05) is 0 Å². The summed E-state index contributed by atoms with van der Waals surface area (Å²) in [6.07, 6.45) is -1.75. The summed E-state index contributed by atoms with van der Waals surface area (Å²) in [6, 6.07) is 0. The molecule has 4 N–H and O–H groups in total. The van der Waals surface area contributed by atoms with Crippen molar-refractivity contribution in [1.82, 2.24) is 5.32 Å². The van der Waals surface area contributed by atoms with Gasteiger partial charge in [0.05, 0.1) is 304 Å². The second-order valence-corrected chi connectivity index (χ2v) is 17.8. The normalized spacial score (nSPS) is 11.5. The minimum atomic E-state index is -5.08. The summed E-state index contributed by atoms with van der Waals surface area (Å²) in [5, 5.41) is 13.3. The Labute approximate surface area is 529 Å². The number of alkyl halides is 3. The van der Waals surface area contributed by atoms with Crippen LogP contribution in [-0.2, 0) is 119 Å². The SMILES string of the molecule is O=C(O)C(F)(F)F.[N-]=[N+]=NCCOCCOCCOCCOCCOCCOCCOCCOCCOCCOCCOCCOCCOCCOCCOCCOCCOCCOCCOCCOCCOCCOCCOCCNC(=O)CCCCCN. The highest BCUT2D eigenvalue weighted by Crippen LogP contribution is 2.13. The van der Waals surface area contributed by atoms with Crippen LogP contribution in [0.1, 0.15) is 25.7 Å². The molecule has 34 heteroatoms. The molecule has 0 aliphatic heterocycles. The average Bonchev–Trinajstić information content (AvgIpc) is 3.55. The second-order valence-electron chi connectivity index (χ2n) is 17.8. The summed E-state index contributed by atoms with van der Waals surface area (Å²) in [6.45, 7) is 23.4. The fourth-order valence-corrected chi connectivity index (χ4v) is 6.05. The van der Waals surface area contributed by atoms with Crippen molar-refractivity contribution in [2.24, 2.45) is 10.8 Å². The first-order valence-corrected chi connectivity index (χ1v) is 30.8. The molecule has 536 valence electrons. The van der Waals surface area contributed by atoms with Crippen molar-refractivity contribution >= 4 is 11.9 Å². The highest BCUT2D eigenvalue weighted by molar-refractivity contribution is 5.75. The van der Waals surface area contributed by atoms with Crippen LogP contribution < -0.4 is 11.1 Å². The van der Waals surface area contributed by atoms with Crippen molar-refractivity contribution in [2.45, 2.75) is 31.9 Å². The van der Waals surface area contributed by atoms with Crippen molar-refractivity contribution in [3.05, 3.63) is 10.4 Å². The van der Waals surface area contributed by atoms with Gasteiger partial charge in [-0.3, -0.25) is 4.79 Å².